The highest BCUT2D eigenvalue weighted by Gasteiger charge is 2.40. The third-order valence-corrected chi connectivity index (χ3v) is 2.11. The molecule has 1 unspecified atom stereocenters. The second-order valence-electron chi connectivity index (χ2n) is 3.45. The number of hydrogen-bond donors (Lipinski definition) is 3. The van der Waals surface area contributed by atoms with Crippen LogP contribution in [0.5, 0.6) is 0 Å². The summed E-state index contributed by atoms with van der Waals surface area (Å²) in [6, 6.07) is 0. The highest BCUT2D eigenvalue weighted by Crippen LogP contribution is 2.25. The van der Waals surface area contributed by atoms with Crippen LogP contribution in [0.25, 0.3) is 0 Å². The van der Waals surface area contributed by atoms with Gasteiger partial charge in [0.1, 0.15) is 0 Å². The molecule has 11 heavy (non-hydrogen) atoms. The largest absolute Gasteiger partial charge is 0.389 e. The quantitative estimate of drug-likeness (QED) is 0.434. The standard InChI is InChI=1S/C7H15NO3/c1-4-6(10)7(2,8)3-5(9)11-4/h4-6,9-10H,3,8H2,1-2H3/t4?,5-,6-,7-/m1/s1. The van der Waals surface area contributed by atoms with Crippen molar-refractivity contribution < 1.29 is 14.9 Å². The summed E-state index contributed by atoms with van der Waals surface area (Å²) >= 11 is 0. The number of aliphatic hydroxyl groups excluding tert-OH is 2. The molecule has 4 atom stereocenters. The summed E-state index contributed by atoms with van der Waals surface area (Å²) in [6.07, 6.45) is -1.67. The van der Waals surface area contributed by atoms with Gasteiger partial charge in [-0.15, -0.1) is 0 Å². The zero-order valence-corrected chi connectivity index (χ0v) is 6.82. The SMILES string of the molecule is CC1O[C@@H](O)C[C@@](C)(N)[C@@H]1O. The Morgan fingerprint density at radius 3 is 2.55 bits per heavy atom. The van der Waals surface area contributed by atoms with Crippen molar-refractivity contribution in [2.45, 2.75) is 44.3 Å². The molecule has 4 heteroatoms. The van der Waals surface area contributed by atoms with Crippen molar-refractivity contribution in [3.05, 3.63) is 0 Å². The van der Waals surface area contributed by atoms with E-state index in [4.69, 9.17) is 15.6 Å². The van der Waals surface area contributed by atoms with Gasteiger partial charge in [-0.1, -0.05) is 0 Å². The van der Waals surface area contributed by atoms with Gasteiger partial charge in [-0.3, -0.25) is 0 Å². The van der Waals surface area contributed by atoms with E-state index >= 15 is 0 Å². The smallest absolute Gasteiger partial charge is 0.156 e. The fraction of sp³-hybridized carbons (Fsp3) is 1.00. The Labute approximate surface area is 66.0 Å². The normalized spacial score (nSPS) is 52.6. The van der Waals surface area contributed by atoms with E-state index in [9.17, 15) is 5.11 Å². The zero-order valence-electron chi connectivity index (χ0n) is 6.82. The van der Waals surface area contributed by atoms with Gasteiger partial charge in [0.05, 0.1) is 12.2 Å². The Balaban J connectivity index is 2.67. The van der Waals surface area contributed by atoms with Crippen molar-refractivity contribution in [3.63, 3.8) is 0 Å². The molecule has 1 aliphatic heterocycles. The molecule has 1 rings (SSSR count). The molecule has 4 nitrogen and oxygen atoms in total. The molecule has 0 saturated carbocycles. The van der Waals surface area contributed by atoms with Crippen LogP contribution >= 0.6 is 0 Å². The van der Waals surface area contributed by atoms with Crippen LogP contribution in [0.3, 0.4) is 0 Å². The molecule has 0 bridgehead atoms. The van der Waals surface area contributed by atoms with E-state index in [0.29, 0.717) is 0 Å². The van der Waals surface area contributed by atoms with Crippen molar-refractivity contribution >= 4 is 0 Å². The van der Waals surface area contributed by atoms with Gasteiger partial charge in [0.2, 0.25) is 0 Å². The Kier molecular flexibility index (Phi) is 2.20. The molecular weight excluding hydrogens is 146 g/mol. The van der Waals surface area contributed by atoms with E-state index in [1.54, 1.807) is 13.8 Å². The molecule has 66 valence electrons. The average molecular weight is 161 g/mol. The average Bonchev–Trinajstić information content (AvgIpc) is 1.81. The second-order valence-corrected chi connectivity index (χ2v) is 3.45. The third-order valence-electron chi connectivity index (χ3n) is 2.11. The van der Waals surface area contributed by atoms with Crippen LogP contribution in [0, 0.1) is 0 Å². The molecule has 1 heterocycles. The lowest BCUT2D eigenvalue weighted by Gasteiger charge is -2.41. The first-order valence-corrected chi connectivity index (χ1v) is 3.74. The monoisotopic (exact) mass is 161 g/mol. The van der Waals surface area contributed by atoms with Crippen molar-refractivity contribution in [2.75, 3.05) is 0 Å². The summed E-state index contributed by atoms with van der Waals surface area (Å²) in [5.41, 5.74) is 4.97. The number of rotatable bonds is 0. The van der Waals surface area contributed by atoms with E-state index in [2.05, 4.69) is 0 Å². The molecule has 0 aromatic rings. The predicted molar refractivity (Wildman–Crippen MR) is 39.8 cm³/mol. The highest BCUT2D eigenvalue weighted by molar-refractivity contribution is 4.94. The first kappa shape index (κ1) is 8.93. The van der Waals surface area contributed by atoms with Crippen LogP contribution in [0.4, 0.5) is 0 Å². The minimum Gasteiger partial charge on any atom is -0.389 e. The molecule has 0 aromatic carbocycles. The van der Waals surface area contributed by atoms with Crippen LogP contribution in [0.15, 0.2) is 0 Å². The van der Waals surface area contributed by atoms with E-state index in [1.807, 2.05) is 0 Å². The third kappa shape index (κ3) is 1.70. The maximum absolute atomic E-state index is 9.46. The van der Waals surface area contributed by atoms with E-state index < -0.39 is 24.0 Å². The van der Waals surface area contributed by atoms with E-state index in [1.165, 1.54) is 0 Å². The number of ether oxygens (including phenoxy) is 1. The first-order chi connectivity index (χ1) is 4.93. The van der Waals surface area contributed by atoms with Crippen molar-refractivity contribution in [3.8, 4) is 0 Å². The molecule has 0 aromatic heterocycles. The molecule has 1 saturated heterocycles. The molecular formula is C7H15NO3. The fourth-order valence-corrected chi connectivity index (χ4v) is 1.40. The van der Waals surface area contributed by atoms with E-state index in [-0.39, 0.29) is 6.42 Å². The first-order valence-electron chi connectivity index (χ1n) is 3.74. The minimum absolute atomic E-state index is 0.276. The van der Waals surface area contributed by atoms with Crippen LogP contribution in [0.1, 0.15) is 20.3 Å². The van der Waals surface area contributed by atoms with Crippen LogP contribution in [-0.2, 0) is 4.74 Å². The summed E-state index contributed by atoms with van der Waals surface area (Å²) in [4.78, 5) is 0. The maximum atomic E-state index is 9.46. The lowest BCUT2D eigenvalue weighted by molar-refractivity contribution is -0.215. The van der Waals surface area contributed by atoms with Gasteiger partial charge in [-0.05, 0) is 13.8 Å². The molecule has 0 aliphatic carbocycles. The summed E-state index contributed by atoms with van der Waals surface area (Å²) in [7, 11) is 0. The summed E-state index contributed by atoms with van der Waals surface area (Å²) in [5, 5.41) is 18.6. The van der Waals surface area contributed by atoms with Crippen molar-refractivity contribution in [1.82, 2.24) is 0 Å². The van der Waals surface area contributed by atoms with Gasteiger partial charge in [-0.25, -0.2) is 0 Å². The van der Waals surface area contributed by atoms with Crippen molar-refractivity contribution in [1.29, 1.82) is 0 Å². The molecule has 0 radical (unpaired) electrons. The topological polar surface area (TPSA) is 75.7 Å². The number of nitrogens with two attached hydrogens (primary N) is 1. The molecule has 1 fully saturated rings. The second kappa shape index (κ2) is 2.71. The van der Waals surface area contributed by atoms with Gasteiger partial charge in [0.25, 0.3) is 0 Å². The Bertz CT molecular complexity index is 149. The molecule has 1 aliphatic rings. The number of hydrogen-bond acceptors (Lipinski definition) is 4. The van der Waals surface area contributed by atoms with Crippen molar-refractivity contribution in [2.24, 2.45) is 5.73 Å². The summed E-state index contributed by atoms with van der Waals surface area (Å²) < 4.78 is 4.96. The van der Waals surface area contributed by atoms with E-state index in [0.717, 1.165) is 0 Å². The molecule has 0 amide bonds. The highest BCUT2D eigenvalue weighted by atomic mass is 16.6. The molecule has 0 spiro atoms. The van der Waals surface area contributed by atoms with Gasteiger partial charge >= 0.3 is 0 Å². The van der Waals surface area contributed by atoms with Gasteiger partial charge in [0.15, 0.2) is 6.29 Å². The van der Waals surface area contributed by atoms with Gasteiger partial charge in [-0.2, -0.15) is 0 Å². The van der Waals surface area contributed by atoms with Crippen LogP contribution in [-0.4, -0.2) is 34.2 Å². The summed E-state index contributed by atoms with van der Waals surface area (Å²) in [5.74, 6) is 0. The minimum atomic E-state index is -0.844. The molecule has 4 N–H and O–H groups in total. The lowest BCUT2D eigenvalue weighted by atomic mass is 9.86. The number of aliphatic hydroxyl groups is 2. The van der Waals surface area contributed by atoms with Gasteiger partial charge in [0, 0.05) is 12.0 Å². The maximum Gasteiger partial charge on any atom is 0.156 e. The Hall–Kier alpha value is -0.160. The van der Waals surface area contributed by atoms with Crippen LogP contribution < -0.4 is 5.73 Å². The fourth-order valence-electron chi connectivity index (χ4n) is 1.40. The zero-order chi connectivity index (χ0) is 8.65. The summed E-state index contributed by atoms with van der Waals surface area (Å²) in [6.45, 7) is 3.40. The predicted octanol–water partition coefficient (Wildman–Crippen LogP) is -0.808. The Morgan fingerprint density at radius 2 is 2.09 bits per heavy atom. The van der Waals surface area contributed by atoms with Gasteiger partial charge < -0.3 is 20.7 Å². The Morgan fingerprint density at radius 1 is 1.55 bits per heavy atom. The lowest BCUT2D eigenvalue weighted by Crippen LogP contribution is -2.59. The van der Waals surface area contributed by atoms with Crippen LogP contribution in [0.2, 0.25) is 0 Å².